The first kappa shape index (κ1) is 12.2. The minimum atomic E-state index is 0.661. The van der Waals surface area contributed by atoms with Crippen molar-refractivity contribution < 1.29 is 4.42 Å². The molecule has 0 spiro atoms. The van der Waals surface area contributed by atoms with Crippen LogP contribution >= 0.6 is 0 Å². The standard InChI is InChI=1S/C16H13N3O/c1-3-11-8-12(17-2)4-5-14(11)19-15-10-20-16-9-18-7-6-13(15)16/h4-10,19H,3H2,1H3. The summed E-state index contributed by atoms with van der Waals surface area (Å²) < 4.78 is 5.47. The van der Waals surface area contributed by atoms with E-state index in [1.54, 1.807) is 18.7 Å². The van der Waals surface area contributed by atoms with E-state index in [0.29, 0.717) is 5.69 Å². The van der Waals surface area contributed by atoms with Crippen molar-refractivity contribution in [3.05, 3.63) is 59.9 Å². The molecule has 3 rings (SSSR count). The van der Waals surface area contributed by atoms with Gasteiger partial charge in [-0.25, -0.2) is 4.85 Å². The Labute approximate surface area is 116 Å². The zero-order chi connectivity index (χ0) is 13.9. The molecule has 0 aliphatic rings. The molecular formula is C16H13N3O. The van der Waals surface area contributed by atoms with Crippen molar-refractivity contribution in [3.8, 4) is 0 Å². The van der Waals surface area contributed by atoms with E-state index in [1.807, 2.05) is 24.3 Å². The van der Waals surface area contributed by atoms with Crippen LogP contribution in [-0.2, 0) is 6.42 Å². The molecule has 0 saturated carbocycles. The Balaban J connectivity index is 2.01. The molecular weight excluding hydrogens is 250 g/mol. The third-order valence-electron chi connectivity index (χ3n) is 3.25. The Morgan fingerprint density at radius 3 is 3.00 bits per heavy atom. The molecule has 0 radical (unpaired) electrons. The fraction of sp³-hybridized carbons (Fsp3) is 0.125. The second-order valence-corrected chi connectivity index (χ2v) is 4.45. The zero-order valence-corrected chi connectivity index (χ0v) is 11.1. The highest BCUT2D eigenvalue weighted by Gasteiger charge is 2.08. The van der Waals surface area contributed by atoms with Gasteiger partial charge in [0, 0.05) is 17.3 Å². The van der Waals surface area contributed by atoms with Gasteiger partial charge in [-0.1, -0.05) is 19.1 Å². The van der Waals surface area contributed by atoms with Crippen LogP contribution in [0.3, 0.4) is 0 Å². The van der Waals surface area contributed by atoms with Crippen LogP contribution in [0.25, 0.3) is 15.8 Å². The minimum absolute atomic E-state index is 0.661. The topological polar surface area (TPSA) is 42.4 Å². The molecule has 98 valence electrons. The number of fused-ring (bicyclic) bond motifs is 1. The summed E-state index contributed by atoms with van der Waals surface area (Å²) in [5, 5.41) is 4.37. The number of benzene rings is 1. The summed E-state index contributed by atoms with van der Waals surface area (Å²) in [7, 11) is 0. The largest absolute Gasteiger partial charge is 0.460 e. The highest BCUT2D eigenvalue weighted by atomic mass is 16.3. The quantitative estimate of drug-likeness (QED) is 0.697. The van der Waals surface area contributed by atoms with Crippen molar-refractivity contribution in [1.29, 1.82) is 0 Å². The van der Waals surface area contributed by atoms with Crippen molar-refractivity contribution >= 4 is 28.0 Å². The molecule has 0 aliphatic heterocycles. The maximum atomic E-state index is 7.07. The molecule has 2 aromatic heterocycles. The molecule has 3 aromatic rings. The van der Waals surface area contributed by atoms with Gasteiger partial charge in [-0.3, -0.25) is 4.98 Å². The molecule has 4 heteroatoms. The van der Waals surface area contributed by atoms with E-state index in [4.69, 9.17) is 11.0 Å². The Morgan fingerprint density at radius 1 is 1.30 bits per heavy atom. The molecule has 0 saturated heterocycles. The van der Waals surface area contributed by atoms with E-state index < -0.39 is 0 Å². The van der Waals surface area contributed by atoms with E-state index in [0.717, 1.165) is 34.3 Å². The van der Waals surface area contributed by atoms with Crippen molar-refractivity contribution in [2.45, 2.75) is 13.3 Å². The van der Waals surface area contributed by atoms with E-state index in [2.05, 4.69) is 22.1 Å². The highest BCUT2D eigenvalue weighted by Crippen LogP contribution is 2.31. The highest BCUT2D eigenvalue weighted by molar-refractivity contribution is 5.92. The molecule has 0 amide bonds. The first-order valence-corrected chi connectivity index (χ1v) is 6.40. The normalized spacial score (nSPS) is 10.4. The Morgan fingerprint density at radius 2 is 2.20 bits per heavy atom. The zero-order valence-electron chi connectivity index (χ0n) is 11.1. The molecule has 0 bridgehead atoms. The van der Waals surface area contributed by atoms with Gasteiger partial charge >= 0.3 is 0 Å². The van der Waals surface area contributed by atoms with E-state index in [-0.39, 0.29) is 0 Å². The van der Waals surface area contributed by atoms with Gasteiger partial charge in [0.2, 0.25) is 0 Å². The summed E-state index contributed by atoms with van der Waals surface area (Å²) in [5.41, 5.74) is 4.44. The first-order chi connectivity index (χ1) is 9.81. The van der Waals surface area contributed by atoms with Gasteiger partial charge in [-0.2, -0.15) is 0 Å². The number of pyridine rings is 1. The summed E-state index contributed by atoms with van der Waals surface area (Å²) >= 11 is 0. The Bertz CT molecular complexity index is 799. The van der Waals surface area contributed by atoms with Crippen LogP contribution in [0.5, 0.6) is 0 Å². The average molecular weight is 263 g/mol. The third-order valence-corrected chi connectivity index (χ3v) is 3.25. The van der Waals surface area contributed by atoms with Crippen molar-refractivity contribution in [1.82, 2.24) is 4.98 Å². The maximum Gasteiger partial charge on any atom is 0.187 e. The van der Waals surface area contributed by atoms with E-state index in [9.17, 15) is 0 Å². The van der Waals surface area contributed by atoms with Crippen molar-refractivity contribution in [3.63, 3.8) is 0 Å². The van der Waals surface area contributed by atoms with Crippen LogP contribution < -0.4 is 5.32 Å². The van der Waals surface area contributed by atoms with Gasteiger partial charge in [0.25, 0.3) is 0 Å². The monoisotopic (exact) mass is 263 g/mol. The summed E-state index contributed by atoms with van der Waals surface area (Å²) in [6.07, 6.45) is 5.99. The van der Waals surface area contributed by atoms with Gasteiger partial charge in [-0.05, 0) is 24.1 Å². The molecule has 0 aliphatic carbocycles. The van der Waals surface area contributed by atoms with Crippen molar-refractivity contribution in [2.24, 2.45) is 0 Å². The van der Waals surface area contributed by atoms with Crippen LogP contribution in [0.4, 0.5) is 17.1 Å². The summed E-state index contributed by atoms with van der Waals surface area (Å²) in [4.78, 5) is 7.50. The molecule has 20 heavy (non-hydrogen) atoms. The molecule has 2 heterocycles. The Hall–Kier alpha value is -2.80. The molecule has 1 N–H and O–H groups in total. The van der Waals surface area contributed by atoms with Crippen LogP contribution in [-0.4, -0.2) is 4.98 Å². The summed E-state index contributed by atoms with van der Waals surface area (Å²) in [6, 6.07) is 7.59. The average Bonchev–Trinajstić information content (AvgIpc) is 2.91. The van der Waals surface area contributed by atoms with Gasteiger partial charge in [-0.15, -0.1) is 0 Å². The van der Waals surface area contributed by atoms with Crippen LogP contribution in [0.2, 0.25) is 0 Å². The number of hydrogen-bond donors (Lipinski definition) is 1. The number of aryl methyl sites for hydroxylation is 1. The Kier molecular flexibility index (Phi) is 3.10. The molecule has 4 nitrogen and oxygen atoms in total. The van der Waals surface area contributed by atoms with Crippen LogP contribution in [0.15, 0.2) is 47.3 Å². The first-order valence-electron chi connectivity index (χ1n) is 6.40. The van der Waals surface area contributed by atoms with Gasteiger partial charge in [0.05, 0.1) is 18.5 Å². The lowest BCUT2D eigenvalue weighted by molar-refractivity contribution is 0.615. The van der Waals surface area contributed by atoms with E-state index in [1.165, 1.54) is 0 Å². The number of hydrogen-bond acceptors (Lipinski definition) is 3. The SMILES string of the molecule is [C-]#[N+]c1ccc(Nc2coc3cnccc23)c(CC)c1. The van der Waals surface area contributed by atoms with Crippen LogP contribution in [0, 0.1) is 6.57 Å². The lowest BCUT2D eigenvalue weighted by atomic mass is 10.1. The second-order valence-electron chi connectivity index (χ2n) is 4.45. The fourth-order valence-electron chi connectivity index (χ4n) is 2.19. The summed E-state index contributed by atoms with van der Waals surface area (Å²) in [5.74, 6) is 0. The predicted octanol–water partition coefficient (Wildman–Crippen LogP) is 4.68. The smallest absolute Gasteiger partial charge is 0.187 e. The third kappa shape index (κ3) is 2.10. The number of aromatic nitrogens is 1. The second kappa shape index (κ2) is 5.06. The van der Waals surface area contributed by atoms with Gasteiger partial charge < -0.3 is 9.73 Å². The fourth-order valence-corrected chi connectivity index (χ4v) is 2.19. The number of nitrogens with zero attached hydrogens (tertiary/aromatic N) is 2. The predicted molar refractivity (Wildman–Crippen MR) is 79.4 cm³/mol. The van der Waals surface area contributed by atoms with Gasteiger partial charge in [0.15, 0.2) is 11.3 Å². The number of furan rings is 1. The number of nitrogens with one attached hydrogen (secondary N) is 1. The molecule has 0 unspecified atom stereocenters. The number of anilines is 2. The van der Waals surface area contributed by atoms with Crippen LogP contribution in [0.1, 0.15) is 12.5 Å². The lowest BCUT2D eigenvalue weighted by Crippen LogP contribution is -1.94. The van der Waals surface area contributed by atoms with Gasteiger partial charge in [0.1, 0.15) is 6.26 Å². The number of rotatable bonds is 3. The molecule has 0 fully saturated rings. The van der Waals surface area contributed by atoms with Crippen molar-refractivity contribution in [2.75, 3.05) is 5.32 Å². The minimum Gasteiger partial charge on any atom is -0.460 e. The lowest BCUT2D eigenvalue weighted by Gasteiger charge is -2.10. The van der Waals surface area contributed by atoms with E-state index >= 15 is 0 Å². The molecule has 1 aromatic carbocycles. The summed E-state index contributed by atoms with van der Waals surface area (Å²) in [6.45, 7) is 9.15. The molecule has 0 atom stereocenters. The maximum absolute atomic E-state index is 7.07.